The van der Waals surface area contributed by atoms with E-state index < -0.39 is 0 Å². The molecule has 1 fully saturated rings. The maximum Gasteiger partial charge on any atom is 0.0737 e. The van der Waals surface area contributed by atoms with Crippen molar-refractivity contribution in [2.45, 2.75) is 25.9 Å². The summed E-state index contributed by atoms with van der Waals surface area (Å²) < 4.78 is 0. The van der Waals surface area contributed by atoms with Crippen LogP contribution in [-0.4, -0.2) is 30.2 Å². The van der Waals surface area contributed by atoms with Crippen LogP contribution in [-0.2, 0) is 0 Å². The monoisotopic (exact) mass is 275 g/mol. The molecule has 2 aromatic rings. The summed E-state index contributed by atoms with van der Waals surface area (Å²) in [5.41, 5.74) is 2.21. The number of nitrogens with zero attached hydrogens (tertiary/aromatic N) is 2. The van der Waals surface area contributed by atoms with Crippen LogP contribution in [0.2, 0.25) is 5.02 Å². The van der Waals surface area contributed by atoms with Crippen LogP contribution in [0.3, 0.4) is 0 Å². The van der Waals surface area contributed by atoms with E-state index in [1.807, 2.05) is 18.3 Å². The molecule has 1 aliphatic heterocycles. The molecule has 3 rings (SSSR count). The van der Waals surface area contributed by atoms with Crippen molar-refractivity contribution in [2.75, 3.05) is 18.0 Å². The number of rotatable bonds is 1. The second-order valence-electron chi connectivity index (χ2n) is 5.30. The lowest BCUT2D eigenvalue weighted by Gasteiger charge is -2.39. The van der Waals surface area contributed by atoms with Gasteiger partial charge in [0.2, 0.25) is 0 Å². The summed E-state index contributed by atoms with van der Waals surface area (Å²) in [5.74, 6) is 0. The van der Waals surface area contributed by atoms with E-state index in [4.69, 9.17) is 11.6 Å². The highest BCUT2D eigenvalue weighted by molar-refractivity contribution is 6.31. The third kappa shape index (κ3) is 2.40. The minimum absolute atomic E-state index is 0.484. The summed E-state index contributed by atoms with van der Waals surface area (Å²) in [5, 5.41) is 5.42. The summed E-state index contributed by atoms with van der Waals surface area (Å²) in [7, 11) is 0. The molecule has 2 atom stereocenters. The third-order valence-corrected chi connectivity index (χ3v) is 3.99. The molecule has 0 aliphatic carbocycles. The lowest BCUT2D eigenvalue weighted by Crippen LogP contribution is -2.54. The molecule has 0 amide bonds. The molecule has 1 aromatic carbocycles. The SMILES string of the molecule is C[C@@H]1CN(c2ccnc3cc(Cl)ccc23)[C@@H](C)CN1. The van der Waals surface area contributed by atoms with Gasteiger partial charge in [0.05, 0.1) is 5.52 Å². The number of benzene rings is 1. The Labute approximate surface area is 118 Å². The zero-order valence-electron chi connectivity index (χ0n) is 11.2. The molecule has 1 aromatic heterocycles. The highest BCUT2D eigenvalue weighted by Gasteiger charge is 2.23. The zero-order chi connectivity index (χ0) is 13.4. The van der Waals surface area contributed by atoms with Crippen LogP contribution in [0.1, 0.15) is 13.8 Å². The van der Waals surface area contributed by atoms with Gasteiger partial charge in [-0.1, -0.05) is 11.6 Å². The molecule has 0 bridgehead atoms. The van der Waals surface area contributed by atoms with Gasteiger partial charge in [0.25, 0.3) is 0 Å². The molecule has 1 aliphatic rings. The molecule has 1 saturated heterocycles. The van der Waals surface area contributed by atoms with Crippen LogP contribution in [0.4, 0.5) is 5.69 Å². The van der Waals surface area contributed by atoms with Crippen LogP contribution in [0.15, 0.2) is 30.5 Å². The van der Waals surface area contributed by atoms with E-state index in [0.29, 0.717) is 12.1 Å². The summed E-state index contributed by atoms with van der Waals surface area (Å²) in [4.78, 5) is 6.87. The fourth-order valence-corrected chi connectivity index (χ4v) is 2.88. The van der Waals surface area contributed by atoms with E-state index in [2.05, 4.69) is 41.2 Å². The van der Waals surface area contributed by atoms with E-state index in [-0.39, 0.29) is 0 Å². The second kappa shape index (κ2) is 4.99. The number of aromatic nitrogens is 1. The van der Waals surface area contributed by atoms with Crippen molar-refractivity contribution < 1.29 is 0 Å². The maximum absolute atomic E-state index is 6.05. The van der Waals surface area contributed by atoms with Crippen molar-refractivity contribution in [3.63, 3.8) is 0 Å². The Balaban J connectivity index is 2.09. The van der Waals surface area contributed by atoms with Crippen molar-refractivity contribution in [1.82, 2.24) is 10.3 Å². The fraction of sp³-hybridized carbons (Fsp3) is 0.400. The predicted octanol–water partition coefficient (Wildman–Crippen LogP) is 3.07. The van der Waals surface area contributed by atoms with Crippen molar-refractivity contribution in [3.05, 3.63) is 35.5 Å². The average molecular weight is 276 g/mol. The van der Waals surface area contributed by atoms with E-state index in [9.17, 15) is 0 Å². The minimum Gasteiger partial charge on any atom is -0.365 e. The molecule has 0 unspecified atom stereocenters. The highest BCUT2D eigenvalue weighted by Crippen LogP contribution is 2.29. The molecule has 4 heteroatoms. The van der Waals surface area contributed by atoms with Crippen LogP contribution in [0.25, 0.3) is 10.9 Å². The Kier molecular flexibility index (Phi) is 3.33. The van der Waals surface area contributed by atoms with Crippen molar-refractivity contribution in [1.29, 1.82) is 0 Å². The van der Waals surface area contributed by atoms with Crippen molar-refractivity contribution in [3.8, 4) is 0 Å². The summed E-state index contributed by atoms with van der Waals surface area (Å²) in [6, 6.07) is 9.02. The van der Waals surface area contributed by atoms with Crippen LogP contribution < -0.4 is 10.2 Å². The van der Waals surface area contributed by atoms with Gasteiger partial charge < -0.3 is 10.2 Å². The Hall–Kier alpha value is -1.32. The normalized spacial score (nSPS) is 23.8. The first-order valence-corrected chi connectivity index (χ1v) is 7.07. The number of anilines is 1. The quantitative estimate of drug-likeness (QED) is 0.867. The van der Waals surface area contributed by atoms with Crippen molar-refractivity contribution in [2.24, 2.45) is 0 Å². The first kappa shape index (κ1) is 12.7. The summed E-state index contributed by atoms with van der Waals surface area (Å²) in [6.07, 6.45) is 1.87. The standard InChI is InChI=1S/C15H18ClN3/c1-10-9-19(11(2)8-18-10)15-5-6-17-14-7-12(16)3-4-13(14)15/h3-7,10-11,18H,8-9H2,1-2H3/t10-,11+/m1/s1. The average Bonchev–Trinajstić information content (AvgIpc) is 2.40. The molecule has 0 spiro atoms. The largest absolute Gasteiger partial charge is 0.365 e. The number of hydrogen-bond acceptors (Lipinski definition) is 3. The Bertz CT molecular complexity index is 599. The first-order chi connectivity index (χ1) is 9.15. The number of piperazine rings is 1. The fourth-order valence-electron chi connectivity index (χ4n) is 2.71. The summed E-state index contributed by atoms with van der Waals surface area (Å²) in [6.45, 7) is 6.50. The molecule has 100 valence electrons. The number of halogens is 1. The lowest BCUT2D eigenvalue weighted by molar-refractivity contribution is 0.426. The van der Waals surface area contributed by atoms with E-state index >= 15 is 0 Å². The van der Waals surface area contributed by atoms with Gasteiger partial charge in [0, 0.05) is 47.5 Å². The lowest BCUT2D eigenvalue weighted by atomic mass is 10.1. The molecule has 0 saturated carbocycles. The number of pyridine rings is 1. The van der Waals surface area contributed by atoms with Gasteiger partial charge in [-0.3, -0.25) is 4.98 Å². The maximum atomic E-state index is 6.05. The first-order valence-electron chi connectivity index (χ1n) is 6.69. The Morgan fingerprint density at radius 2 is 2.16 bits per heavy atom. The molecule has 0 radical (unpaired) electrons. The molecular formula is C15H18ClN3. The van der Waals surface area contributed by atoms with Gasteiger partial charge in [-0.05, 0) is 38.1 Å². The third-order valence-electron chi connectivity index (χ3n) is 3.76. The molecule has 1 N–H and O–H groups in total. The highest BCUT2D eigenvalue weighted by atomic mass is 35.5. The topological polar surface area (TPSA) is 28.2 Å². The summed E-state index contributed by atoms with van der Waals surface area (Å²) >= 11 is 6.05. The van der Waals surface area contributed by atoms with Crippen LogP contribution >= 0.6 is 11.6 Å². The predicted molar refractivity (Wildman–Crippen MR) is 81.0 cm³/mol. The molecule has 2 heterocycles. The van der Waals surface area contributed by atoms with Gasteiger partial charge in [0.15, 0.2) is 0 Å². The van der Waals surface area contributed by atoms with E-state index in [0.717, 1.165) is 23.6 Å². The van der Waals surface area contributed by atoms with Gasteiger partial charge in [-0.2, -0.15) is 0 Å². The molecular weight excluding hydrogens is 258 g/mol. The molecule has 3 nitrogen and oxygen atoms in total. The Morgan fingerprint density at radius 1 is 1.32 bits per heavy atom. The number of hydrogen-bond donors (Lipinski definition) is 1. The van der Waals surface area contributed by atoms with Crippen LogP contribution in [0.5, 0.6) is 0 Å². The molecule has 19 heavy (non-hydrogen) atoms. The minimum atomic E-state index is 0.484. The van der Waals surface area contributed by atoms with Crippen molar-refractivity contribution >= 4 is 28.2 Å². The van der Waals surface area contributed by atoms with Gasteiger partial charge in [0.1, 0.15) is 0 Å². The zero-order valence-corrected chi connectivity index (χ0v) is 12.0. The Morgan fingerprint density at radius 3 is 3.00 bits per heavy atom. The van der Waals surface area contributed by atoms with E-state index in [1.165, 1.54) is 11.1 Å². The number of fused-ring (bicyclic) bond motifs is 1. The van der Waals surface area contributed by atoms with E-state index in [1.54, 1.807) is 0 Å². The number of nitrogens with one attached hydrogen (secondary N) is 1. The van der Waals surface area contributed by atoms with Gasteiger partial charge in [-0.15, -0.1) is 0 Å². The van der Waals surface area contributed by atoms with Gasteiger partial charge >= 0.3 is 0 Å². The smallest absolute Gasteiger partial charge is 0.0737 e. The van der Waals surface area contributed by atoms with Crippen LogP contribution in [0, 0.1) is 0 Å². The second-order valence-corrected chi connectivity index (χ2v) is 5.74. The van der Waals surface area contributed by atoms with Gasteiger partial charge in [-0.25, -0.2) is 0 Å².